The summed E-state index contributed by atoms with van der Waals surface area (Å²) in [5, 5.41) is 12.2. The van der Waals surface area contributed by atoms with Crippen molar-refractivity contribution >= 4 is 32.5 Å². The van der Waals surface area contributed by atoms with E-state index < -0.39 is 0 Å². The van der Waals surface area contributed by atoms with Crippen LogP contribution in [-0.4, -0.2) is 28.6 Å². The van der Waals surface area contributed by atoms with Crippen LogP contribution in [0.3, 0.4) is 0 Å². The van der Waals surface area contributed by atoms with Gasteiger partial charge in [-0.3, -0.25) is 0 Å². The summed E-state index contributed by atoms with van der Waals surface area (Å²) in [7, 11) is 0. The third kappa shape index (κ3) is 1.99. The molecule has 1 aliphatic rings. The lowest BCUT2D eigenvalue weighted by atomic mass is 10.1. The smallest absolute Gasteiger partial charge is 0.159 e. The molecule has 0 N–H and O–H groups in total. The molecule has 0 radical (unpaired) electrons. The first-order valence-electron chi connectivity index (χ1n) is 6.32. The molecule has 0 aliphatic carbocycles. The van der Waals surface area contributed by atoms with E-state index in [0.717, 1.165) is 35.8 Å². The van der Waals surface area contributed by atoms with Crippen LogP contribution in [0.4, 0.5) is 5.82 Å². The van der Waals surface area contributed by atoms with Crippen LogP contribution in [0.2, 0.25) is 0 Å². The van der Waals surface area contributed by atoms with Gasteiger partial charge in [0.05, 0.1) is 5.69 Å². The number of hydrogen-bond donors (Lipinski definition) is 0. The number of halogens is 1. The number of benzene rings is 1. The molecule has 1 atom stereocenters. The van der Waals surface area contributed by atoms with Crippen molar-refractivity contribution in [2.45, 2.75) is 13.3 Å². The van der Waals surface area contributed by atoms with E-state index in [-0.39, 0.29) is 0 Å². The SMILES string of the molecule is Cc1nnc(N2CCC(CBr)C2)c2ccccc12. The molecule has 0 bridgehead atoms. The lowest BCUT2D eigenvalue weighted by molar-refractivity contribution is 0.675. The van der Waals surface area contributed by atoms with E-state index >= 15 is 0 Å². The number of nitrogens with zero attached hydrogens (tertiary/aromatic N) is 3. The molecule has 1 fully saturated rings. The Morgan fingerprint density at radius 2 is 2.06 bits per heavy atom. The normalized spacial score (nSPS) is 19.7. The van der Waals surface area contributed by atoms with Crippen LogP contribution in [0.15, 0.2) is 24.3 Å². The highest BCUT2D eigenvalue weighted by Crippen LogP contribution is 2.29. The van der Waals surface area contributed by atoms with Crippen LogP contribution in [0.5, 0.6) is 0 Å². The summed E-state index contributed by atoms with van der Waals surface area (Å²) in [6.45, 7) is 4.18. The van der Waals surface area contributed by atoms with Gasteiger partial charge in [0.25, 0.3) is 0 Å². The minimum absolute atomic E-state index is 0.729. The Morgan fingerprint density at radius 3 is 2.78 bits per heavy atom. The van der Waals surface area contributed by atoms with Gasteiger partial charge in [-0.2, -0.15) is 5.10 Å². The fourth-order valence-electron chi connectivity index (χ4n) is 2.61. The second-order valence-corrected chi connectivity index (χ2v) is 5.56. The molecule has 1 aromatic carbocycles. The first kappa shape index (κ1) is 11.9. The maximum absolute atomic E-state index is 4.42. The summed E-state index contributed by atoms with van der Waals surface area (Å²) in [6, 6.07) is 8.41. The molecule has 3 nitrogen and oxygen atoms in total. The Labute approximate surface area is 115 Å². The van der Waals surface area contributed by atoms with Gasteiger partial charge < -0.3 is 4.90 Å². The Bertz CT molecular complexity index is 570. The van der Waals surface area contributed by atoms with E-state index in [9.17, 15) is 0 Å². The van der Waals surface area contributed by atoms with Crippen LogP contribution in [-0.2, 0) is 0 Å². The first-order valence-corrected chi connectivity index (χ1v) is 7.44. The summed E-state index contributed by atoms with van der Waals surface area (Å²) in [5.74, 6) is 1.77. The fourth-order valence-corrected chi connectivity index (χ4v) is 3.14. The molecule has 0 amide bonds. The summed E-state index contributed by atoms with van der Waals surface area (Å²) in [5.41, 5.74) is 1.01. The van der Waals surface area contributed by atoms with E-state index in [1.165, 1.54) is 17.2 Å². The Balaban J connectivity index is 2.05. The Hall–Kier alpha value is -1.16. The molecule has 0 saturated carbocycles. The second kappa shape index (κ2) is 4.84. The minimum atomic E-state index is 0.729. The van der Waals surface area contributed by atoms with E-state index in [4.69, 9.17) is 0 Å². The molecule has 0 spiro atoms. The van der Waals surface area contributed by atoms with Crippen molar-refractivity contribution in [3.05, 3.63) is 30.0 Å². The first-order chi connectivity index (χ1) is 8.79. The fraction of sp³-hybridized carbons (Fsp3) is 0.429. The zero-order valence-corrected chi connectivity index (χ0v) is 12.0. The lowest BCUT2D eigenvalue weighted by Gasteiger charge is -2.18. The number of fused-ring (bicyclic) bond motifs is 1. The number of anilines is 1. The van der Waals surface area contributed by atoms with Crippen LogP contribution < -0.4 is 4.90 Å². The Morgan fingerprint density at radius 1 is 1.28 bits per heavy atom. The van der Waals surface area contributed by atoms with Gasteiger partial charge in [-0.15, -0.1) is 5.10 Å². The zero-order chi connectivity index (χ0) is 12.5. The second-order valence-electron chi connectivity index (χ2n) is 4.91. The molecule has 3 rings (SSSR count). The van der Waals surface area contributed by atoms with Gasteiger partial charge in [-0.1, -0.05) is 40.2 Å². The molecule has 18 heavy (non-hydrogen) atoms. The number of hydrogen-bond acceptors (Lipinski definition) is 3. The van der Waals surface area contributed by atoms with Gasteiger partial charge in [0, 0.05) is 29.2 Å². The summed E-state index contributed by atoms with van der Waals surface area (Å²) in [6.07, 6.45) is 1.23. The molecule has 4 heteroatoms. The highest BCUT2D eigenvalue weighted by atomic mass is 79.9. The Kier molecular flexibility index (Phi) is 3.20. The van der Waals surface area contributed by atoms with E-state index in [0.29, 0.717) is 0 Å². The molecule has 2 aromatic rings. The number of alkyl halides is 1. The molecular formula is C14H16BrN3. The van der Waals surface area contributed by atoms with Gasteiger partial charge in [0.1, 0.15) is 0 Å². The predicted octanol–water partition coefficient (Wildman–Crippen LogP) is 3.16. The molecule has 1 unspecified atom stereocenters. The summed E-state index contributed by atoms with van der Waals surface area (Å²) in [4.78, 5) is 2.36. The molecule has 1 saturated heterocycles. The topological polar surface area (TPSA) is 29.0 Å². The highest BCUT2D eigenvalue weighted by molar-refractivity contribution is 9.09. The summed E-state index contributed by atoms with van der Waals surface area (Å²) >= 11 is 3.57. The molecule has 94 valence electrons. The van der Waals surface area contributed by atoms with E-state index in [2.05, 4.69) is 55.3 Å². The van der Waals surface area contributed by atoms with Gasteiger partial charge in [0.2, 0.25) is 0 Å². The standard InChI is InChI=1S/C14H16BrN3/c1-10-12-4-2-3-5-13(12)14(17-16-10)18-7-6-11(8-15)9-18/h2-5,11H,6-9H2,1H3. The van der Waals surface area contributed by atoms with Crippen molar-refractivity contribution < 1.29 is 0 Å². The largest absolute Gasteiger partial charge is 0.354 e. The minimum Gasteiger partial charge on any atom is -0.354 e. The maximum Gasteiger partial charge on any atom is 0.159 e. The molecular weight excluding hydrogens is 290 g/mol. The van der Waals surface area contributed by atoms with Crippen molar-refractivity contribution in [3.8, 4) is 0 Å². The third-order valence-electron chi connectivity index (χ3n) is 3.66. The van der Waals surface area contributed by atoms with Crippen molar-refractivity contribution in [3.63, 3.8) is 0 Å². The van der Waals surface area contributed by atoms with Crippen molar-refractivity contribution in [1.29, 1.82) is 0 Å². The maximum atomic E-state index is 4.42. The van der Waals surface area contributed by atoms with Crippen molar-refractivity contribution in [2.24, 2.45) is 5.92 Å². The third-order valence-corrected chi connectivity index (χ3v) is 4.57. The molecule has 2 heterocycles. The van der Waals surface area contributed by atoms with Gasteiger partial charge in [0.15, 0.2) is 5.82 Å². The average molecular weight is 306 g/mol. The highest BCUT2D eigenvalue weighted by Gasteiger charge is 2.24. The van der Waals surface area contributed by atoms with Crippen LogP contribution in [0.25, 0.3) is 10.8 Å². The van der Waals surface area contributed by atoms with Gasteiger partial charge >= 0.3 is 0 Å². The molecule has 1 aromatic heterocycles. The van der Waals surface area contributed by atoms with Crippen LogP contribution in [0, 0.1) is 12.8 Å². The summed E-state index contributed by atoms with van der Waals surface area (Å²) < 4.78 is 0. The number of rotatable bonds is 2. The quantitative estimate of drug-likeness (QED) is 0.798. The van der Waals surface area contributed by atoms with Gasteiger partial charge in [-0.25, -0.2) is 0 Å². The molecule has 1 aliphatic heterocycles. The monoisotopic (exact) mass is 305 g/mol. The number of aryl methyl sites for hydroxylation is 1. The van der Waals surface area contributed by atoms with Crippen molar-refractivity contribution in [1.82, 2.24) is 10.2 Å². The predicted molar refractivity (Wildman–Crippen MR) is 78.4 cm³/mol. The number of aromatic nitrogens is 2. The van der Waals surface area contributed by atoms with E-state index in [1.54, 1.807) is 0 Å². The van der Waals surface area contributed by atoms with Crippen molar-refractivity contribution in [2.75, 3.05) is 23.3 Å². The zero-order valence-electron chi connectivity index (χ0n) is 10.4. The van der Waals surface area contributed by atoms with E-state index in [1.807, 2.05) is 6.92 Å². The lowest BCUT2D eigenvalue weighted by Crippen LogP contribution is -2.22. The van der Waals surface area contributed by atoms with Crippen LogP contribution in [0.1, 0.15) is 12.1 Å². The van der Waals surface area contributed by atoms with Crippen LogP contribution >= 0.6 is 15.9 Å². The average Bonchev–Trinajstić information content (AvgIpc) is 2.88. The van der Waals surface area contributed by atoms with Gasteiger partial charge in [-0.05, 0) is 19.3 Å².